The van der Waals surface area contributed by atoms with Crippen LogP contribution in [0.3, 0.4) is 0 Å². The molecule has 1 aliphatic heterocycles. The molecule has 1 amide bonds. The highest BCUT2D eigenvalue weighted by Gasteiger charge is 2.34. The summed E-state index contributed by atoms with van der Waals surface area (Å²) in [5.74, 6) is -3.53. The average molecular weight is 528 g/mol. The van der Waals surface area contributed by atoms with E-state index in [2.05, 4.69) is 0 Å². The predicted molar refractivity (Wildman–Crippen MR) is 142 cm³/mol. The summed E-state index contributed by atoms with van der Waals surface area (Å²) in [6, 6.07) is 19.8. The first-order chi connectivity index (χ1) is 17.4. The molecule has 2 heterocycles. The molecule has 0 radical (unpaired) electrons. The summed E-state index contributed by atoms with van der Waals surface area (Å²) in [5, 5.41) is 0.648. The quantitative estimate of drug-likeness (QED) is 0.312. The van der Waals surface area contributed by atoms with E-state index >= 15 is 8.78 Å². The van der Waals surface area contributed by atoms with Crippen LogP contribution in [0.4, 0.5) is 13.2 Å². The minimum Gasteiger partial charge on any atom is -0.340 e. The van der Waals surface area contributed by atoms with Crippen LogP contribution in [-0.2, 0) is 19.0 Å². The van der Waals surface area contributed by atoms with Gasteiger partial charge < -0.3 is 15.2 Å². The standard InChI is InChI=1S/C29H28F3N3O.ClH/c30-26-11-10-20(17-33)16-24(26)21-12-14-34(15-13-21)28(36)25-18-35(27-9-5-4-8-23(25)27)19-29(31,32)22-6-2-1-3-7-22;/h1-11,16,18,21H,12-15,17,19,33H2;1H. The number of nitrogens with two attached hydrogens (primary N) is 1. The van der Waals surface area contributed by atoms with Crippen molar-refractivity contribution in [3.05, 3.63) is 107 Å². The van der Waals surface area contributed by atoms with E-state index in [1.165, 1.54) is 22.8 Å². The first-order valence-corrected chi connectivity index (χ1v) is 12.2. The van der Waals surface area contributed by atoms with Crippen LogP contribution in [0.2, 0.25) is 0 Å². The predicted octanol–water partition coefficient (Wildman–Crippen LogP) is 6.47. The zero-order valence-corrected chi connectivity index (χ0v) is 21.1. The molecular weight excluding hydrogens is 499 g/mol. The van der Waals surface area contributed by atoms with Crippen LogP contribution >= 0.6 is 12.4 Å². The summed E-state index contributed by atoms with van der Waals surface area (Å²) >= 11 is 0. The SMILES string of the molecule is Cl.NCc1ccc(F)c(C2CCN(C(=O)c3cn(CC(F)(F)c4ccccc4)c4ccccc34)CC2)c1. The average Bonchev–Trinajstić information content (AvgIpc) is 3.27. The molecule has 1 fully saturated rings. The molecule has 5 rings (SSSR count). The minimum absolute atomic E-state index is 0. The number of piperidine rings is 1. The van der Waals surface area contributed by atoms with Crippen LogP contribution in [0.15, 0.2) is 79.0 Å². The highest BCUT2D eigenvalue weighted by molar-refractivity contribution is 6.07. The molecule has 0 unspecified atom stereocenters. The lowest BCUT2D eigenvalue weighted by molar-refractivity contribution is -0.0211. The van der Waals surface area contributed by atoms with Crippen LogP contribution in [0.5, 0.6) is 0 Å². The Labute approximate surface area is 220 Å². The van der Waals surface area contributed by atoms with Gasteiger partial charge in [0.1, 0.15) is 5.82 Å². The zero-order chi connectivity index (χ0) is 25.3. The van der Waals surface area contributed by atoms with Crippen molar-refractivity contribution in [2.24, 2.45) is 5.73 Å². The van der Waals surface area contributed by atoms with Gasteiger partial charge in [0.2, 0.25) is 0 Å². The van der Waals surface area contributed by atoms with E-state index in [4.69, 9.17) is 5.73 Å². The smallest absolute Gasteiger partial charge is 0.290 e. The highest BCUT2D eigenvalue weighted by Crippen LogP contribution is 2.34. The Balaban J connectivity index is 0.00000320. The summed E-state index contributed by atoms with van der Waals surface area (Å²) in [7, 11) is 0. The van der Waals surface area contributed by atoms with Gasteiger partial charge in [-0.2, -0.15) is 8.78 Å². The number of rotatable bonds is 6. The number of alkyl halides is 2. The van der Waals surface area contributed by atoms with Crippen LogP contribution < -0.4 is 5.73 Å². The van der Waals surface area contributed by atoms with E-state index < -0.39 is 12.5 Å². The third-order valence-electron chi connectivity index (χ3n) is 7.10. The molecule has 37 heavy (non-hydrogen) atoms. The molecule has 1 aromatic heterocycles. The van der Waals surface area contributed by atoms with E-state index in [1.54, 1.807) is 59.6 Å². The maximum Gasteiger partial charge on any atom is 0.290 e. The number of fused-ring (bicyclic) bond motifs is 1. The Morgan fingerprint density at radius 3 is 2.35 bits per heavy atom. The molecule has 0 aliphatic carbocycles. The highest BCUT2D eigenvalue weighted by atomic mass is 35.5. The van der Waals surface area contributed by atoms with Crippen molar-refractivity contribution in [3.63, 3.8) is 0 Å². The fraction of sp³-hybridized carbons (Fsp3) is 0.276. The van der Waals surface area contributed by atoms with Crippen molar-refractivity contribution in [2.75, 3.05) is 13.1 Å². The number of carbonyl (C=O) groups excluding carboxylic acids is 1. The summed E-state index contributed by atoms with van der Waals surface area (Å²) < 4.78 is 46.1. The van der Waals surface area contributed by atoms with Crippen molar-refractivity contribution in [2.45, 2.75) is 37.8 Å². The number of para-hydroxylation sites is 1. The molecule has 8 heteroatoms. The number of hydrogen-bond acceptors (Lipinski definition) is 2. The Morgan fingerprint density at radius 2 is 1.65 bits per heavy atom. The van der Waals surface area contributed by atoms with Gasteiger partial charge in [-0.1, -0.05) is 60.7 Å². The Kier molecular flexibility index (Phi) is 7.95. The molecule has 4 nitrogen and oxygen atoms in total. The third kappa shape index (κ3) is 5.38. The second-order valence-corrected chi connectivity index (χ2v) is 9.38. The number of likely N-dealkylation sites (tertiary alicyclic amines) is 1. The molecule has 1 aliphatic rings. The minimum atomic E-state index is -3.09. The van der Waals surface area contributed by atoms with E-state index in [0.717, 1.165) is 5.56 Å². The van der Waals surface area contributed by atoms with Crippen molar-refractivity contribution >= 4 is 29.2 Å². The van der Waals surface area contributed by atoms with Gasteiger partial charge in [0.25, 0.3) is 11.8 Å². The normalized spacial score (nSPS) is 14.5. The van der Waals surface area contributed by atoms with E-state index in [-0.39, 0.29) is 35.6 Å². The van der Waals surface area contributed by atoms with Gasteiger partial charge in [-0.15, -0.1) is 12.4 Å². The summed E-state index contributed by atoms with van der Waals surface area (Å²) in [5.41, 5.74) is 8.17. The molecule has 4 aromatic rings. The maximum atomic E-state index is 15.1. The van der Waals surface area contributed by atoms with E-state index in [0.29, 0.717) is 54.5 Å². The topological polar surface area (TPSA) is 51.3 Å². The fourth-order valence-corrected chi connectivity index (χ4v) is 5.13. The van der Waals surface area contributed by atoms with Crippen molar-refractivity contribution < 1.29 is 18.0 Å². The summed E-state index contributed by atoms with van der Waals surface area (Å²) in [4.78, 5) is 15.2. The van der Waals surface area contributed by atoms with Crippen LogP contribution in [0.25, 0.3) is 10.9 Å². The number of nitrogens with zero attached hydrogens (tertiary/aromatic N) is 2. The van der Waals surface area contributed by atoms with Crippen LogP contribution in [0.1, 0.15) is 45.8 Å². The number of hydrogen-bond donors (Lipinski definition) is 1. The first kappa shape index (κ1) is 26.8. The van der Waals surface area contributed by atoms with Gasteiger partial charge in [-0.3, -0.25) is 4.79 Å². The van der Waals surface area contributed by atoms with E-state index in [1.807, 2.05) is 6.07 Å². The molecular formula is C29H29ClF3N3O. The monoisotopic (exact) mass is 527 g/mol. The summed E-state index contributed by atoms with van der Waals surface area (Å²) in [6.45, 7) is 0.715. The Bertz CT molecular complexity index is 1380. The molecule has 194 valence electrons. The second-order valence-electron chi connectivity index (χ2n) is 9.38. The third-order valence-corrected chi connectivity index (χ3v) is 7.10. The van der Waals surface area contributed by atoms with Gasteiger partial charge in [0.05, 0.1) is 12.1 Å². The van der Waals surface area contributed by atoms with Gasteiger partial charge in [-0.25, -0.2) is 4.39 Å². The molecule has 0 bridgehead atoms. The number of halogens is 4. The molecule has 2 N–H and O–H groups in total. The lowest BCUT2D eigenvalue weighted by Gasteiger charge is -2.32. The number of benzene rings is 3. The summed E-state index contributed by atoms with van der Waals surface area (Å²) in [6.07, 6.45) is 2.79. The number of carbonyl (C=O) groups is 1. The maximum absolute atomic E-state index is 15.1. The van der Waals surface area contributed by atoms with Gasteiger partial charge in [0, 0.05) is 42.3 Å². The molecule has 1 saturated heterocycles. The molecule has 0 atom stereocenters. The fourth-order valence-electron chi connectivity index (χ4n) is 5.13. The largest absolute Gasteiger partial charge is 0.340 e. The first-order valence-electron chi connectivity index (χ1n) is 12.2. The van der Waals surface area contributed by atoms with Crippen LogP contribution in [0, 0.1) is 5.82 Å². The lowest BCUT2D eigenvalue weighted by atomic mass is 9.88. The number of aromatic nitrogens is 1. The second kappa shape index (κ2) is 11.0. The van der Waals surface area contributed by atoms with Gasteiger partial charge in [-0.05, 0) is 42.0 Å². The van der Waals surface area contributed by atoms with E-state index in [9.17, 15) is 9.18 Å². The molecule has 0 spiro atoms. The lowest BCUT2D eigenvalue weighted by Crippen LogP contribution is -2.38. The Hall–Kier alpha value is -3.29. The van der Waals surface area contributed by atoms with Crippen LogP contribution in [-0.4, -0.2) is 28.5 Å². The van der Waals surface area contributed by atoms with Gasteiger partial charge in [0.15, 0.2) is 0 Å². The molecule has 3 aromatic carbocycles. The zero-order valence-electron chi connectivity index (χ0n) is 20.2. The van der Waals surface area contributed by atoms with Crippen molar-refractivity contribution in [1.82, 2.24) is 9.47 Å². The number of amides is 1. The Morgan fingerprint density at radius 1 is 0.973 bits per heavy atom. The van der Waals surface area contributed by atoms with Crippen molar-refractivity contribution in [3.8, 4) is 0 Å². The van der Waals surface area contributed by atoms with Crippen molar-refractivity contribution in [1.29, 1.82) is 0 Å². The van der Waals surface area contributed by atoms with Gasteiger partial charge >= 0.3 is 0 Å². The molecule has 0 saturated carbocycles.